The van der Waals surface area contributed by atoms with Crippen molar-refractivity contribution >= 4 is 16.8 Å². The van der Waals surface area contributed by atoms with Crippen LogP contribution >= 0.6 is 0 Å². The van der Waals surface area contributed by atoms with Gasteiger partial charge in [-0.05, 0) is 55.6 Å². The van der Waals surface area contributed by atoms with Gasteiger partial charge in [0.25, 0.3) is 0 Å². The first-order valence-electron chi connectivity index (χ1n) is 13.7. The zero-order chi connectivity index (χ0) is 27.2. The van der Waals surface area contributed by atoms with Gasteiger partial charge in [-0.25, -0.2) is 9.97 Å². The van der Waals surface area contributed by atoms with E-state index in [0.717, 1.165) is 65.8 Å². The number of methoxy groups -OCH3 is 1. The van der Waals surface area contributed by atoms with E-state index in [0.29, 0.717) is 24.0 Å². The summed E-state index contributed by atoms with van der Waals surface area (Å²) in [6.45, 7) is 6.25. The molecular formula is C32H36N4O3. The van der Waals surface area contributed by atoms with Crippen molar-refractivity contribution in [2.45, 2.75) is 32.1 Å². The van der Waals surface area contributed by atoms with Gasteiger partial charge >= 0.3 is 0 Å². The maximum atomic E-state index is 11.8. The third kappa shape index (κ3) is 6.20. The smallest absolute Gasteiger partial charge is 0.218 e. The number of hydrogen-bond donors (Lipinski definition) is 1. The molecule has 202 valence electrons. The number of rotatable bonds is 10. The van der Waals surface area contributed by atoms with E-state index in [2.05, 4.69) is 21.8 Å². The predicted octanol–water partition coefficient (Wildman–Crippen LogP) is 5.42. The van der Waals surface area contributed by atoms with Gasteiger partial charge in [-0.1, -0.05) is 61.5 Å². The lowest BCUT2D eigenvalue weighted by molar-refractivity contribution is -0.118. The number of carbonyl (C=O) groups excluding carboxylic acids is 1. The highest BCUT2D eigenvalue weighted by atomic mass is 16.5. The number of piperidine rings is 1. The molecule has 1 fully saturated rings. The summed E-state index contributed by atoms with van der Waals surface area (Å²) >= 11 is 0. The Morgan fingerprint density at radius 2 is 1.72 bits per heavy atom. The Morgan fingerprint density at radius 1 is 1.00 bits per heavy atom. The predicted molar refractivity (Wildman–Crippen MR) is 154 cm³/mol. The van der Waals surface area contributed by atoms with Crippen molar-refractivity contribution in [3.63, 3.8) is 0 Å². The highest BCUT2D eigenvalue weighted by Crippen LogP contribution is 2.37. The summed E-state index contributed by atoms with van der Waals surface area (Å²) in [6, 6.07) is 22.1. The lowest BCUT2D eigenvalue weighted by Gasteiger charge is -2.30. The lowest BCUT2D eigenvalue weighted by Crippen LogP contribution is -2.35. The summed E-state index contributed by atoms with van der Waals surface area (Å²) in [4.78, 5) is 23.5. The monoisotopic (exact) mass is 524 g/mol. The normalized spacial score (nSPS) is 15.2. The van der Waals surface area contributed by atoms with Gasteiger partial charge in [-0.2, -0.15) is 0 Å². The van der Waals surface area contributed by atoms with Crippen LogP contribution in [-0.4, -0.2) is 54.1 Å². The molecule has 1 aliphatic rings. The summed E-state index contributed by atoms with van der Waals surface area (Å²) in [6.07, 6.45) is 4.13. The van der Waals surface area contributed by atoms with Crippen LogP contribution in [0.25, 0.3) is 22.2 Å². The number of nitrogens with zero attached hydrogens (tertiary/aromatic N) is 3. The molecule has 4 aromatic rings. The quantitative estimate of drug-likeness (QED) is 0.298. The Kier molecular flexibility index (Phi) is 8.37. The first kappa shape index (κ1) is 26.6. The fraction of sp³-hybridized carbons (Fsp3) is 0.344. The number of amides is 1. The molecule has 0 bridgehead atoms. The molecule has 7 heteroatoms. The molecule has 1 amide bonds. The van der Waals surface area contributed by atoms with Crippen molar-refractivity contribution < 1.29 is 14.3 Å². The fourth-order valence-electron chi connectivity index (χ4n) is 5.43. The molecule has 1 saturated heterocycles. The van der Waals surface area contributed by atoms with E-state index in [-0.39, 0.29) is 18.2 Å². The number of primary amides is 1. The number of likely N-dealkylation sites (tertiary alicyclic amines) is 1. The molecule has 39 heavy (non-hydrogen) atoms. The van der Waals surface area contributed by atoms with Crippen LogP contribution < -0.4 is 15.2 Å². The Hall–Kier alpha value is -3.97. The second-order valence-corrected chi connectivity index (χ2v) is 10.2. The standard InChI is InChI=1S/C32H36N4O3/c1-3-36-15-13-22(14-16-36)20-39-30-19-28-27(17-29(30)38-2)32(35-21-34-28)25-11-9-24(10-12-25)26(18-31(33)37)23-7-5-4-6-8-23/h4-12,17,19,21-22,26H,3,13-16,18,20H2,1-2H3,(H2,33,37). The van der Waals surface area contributed by atoms with E-state index < -0.39 is 0 Å². The number of carbonyl (C=O) groups is 1. The molecule has 2 N–H and O–H groups in total. The van der Waals surface area contributed by atoms with Crippen LogP contribution in [0, 0.1) is 5.92 Å². The van der Waals surface area contributed by atoms with Crippen LogP contribution in [0.1, 0.15) is 43.2 Å². The lowest BCUT2D eigenvalue weighted by atomic mass is 9.87. The number of nitrogens with two attached hydrogens (primary N) is 1. The van der Waals surface area contributed by atoms with E-state index in [1.165, 1.54) is 0 Å². The van der Waals surface area contributed by atoms with Crippen molar-refractivity contribution in [1.29, 1.82) is 0 Å². The molecule has 1 aromatic heterocycles. The van der Waals surface area contributed by atoms with Crippen LogP contribution in [0.4, 0.5) is 0 Å². The average Bonchev–Trinajstić information content (AvgIpc) is 2.98. The van der Waals surface area contributed by atoms with E-state index >= 15 is 0 Å². The van der Waals surface area contributed by atoms with E-state index in [9.17, 15) is 4.79 Å². The third-order valence-corrected chi connectivity index (χ3v) is 7.74. The molecule has 0 aliphatic carbocycles. The minimum atomic E-state index is -0.328. The molecule has 0 spiro atoms. The maximum Gasteiger partial charge on any atom is 0.218 e. The van der Waals surface area contributed by atoms with Gasteiger partial charge in [0, 0.05) is 29.4 Å². The van der Waals surface area contributed by atoms with E-state index in [4.69, 9.17) is 15.2 Å². The van der Waals surface area contributed by atoms with Gasteiger partial charge in [0.2, 0.25) is 5.91 Å². The van der Waals surface area contributed by atoms with Crippen LogP contribution in [-0.2, 0) is 4.79 Å². The minimum absolute atomic E-state index is 0.103. The number of fused-ring (bicyclic) bond motifs is 1. The molecule has 0 radical (unpaired) electrons. The second-order valence-electron chi connectivity index (χ2n) is 10.2. The Morgan fingerprint density at radius 3 is 2.38 bits per heavy atom. The summed E-state index contributed by atoms with van der Waals surface area (Å²) in [5.41, 5.74) is 10.2. The van der Waals surface area contributed by atoms with E-state index in [1.54, 1.807) is 13.4 Å². The summed E-state index contributed by atoms with van der Waals surface area (Å²) < 4.78 is 12.0. The average molecular weight is 525 g/mol. The minimum Gasteiger partial charge on any atom is -0.493 e. The molecule has 1 atom stereocenters. The van der Waals surface area contributed by atoms with Crippen LogP contribution in [0.3, 0.4) is 0 Å². The first-order valence-corrected chi connectivity index (χ1v) is 13.7. The molecule has 2 heterocycles. The van der Waals surface area contributed by atoms with Gasteiger partial charge in [0.15, 0.2) is 11.5 Å². The fourth-order valence-corrected chi connectivity index (χ4v) is 5.43. The number of hydrogen-bond acceptors (Lipinski definition) is 6. The van der Waals surface area contributed by atoms with Gasteiger partial charge in [0.1, 0.15) is 6.33 Å². The molecular weight excluding hydrogens is 488 g/mol. The number of aromatic nitrogens is 2. The van der Waals surface area contributed by atoms with Crippen molar-refractivity contribution in [3.05, 3.63) is 84.2 Å². The molecule has 7 nitrogen and oxygen atoms in total. The summed E-state index contributed by atoms with van der Waals surface area (Å²) in [5.74, 6) is 1.49. The zero-order valence-electron chi connectivity index (χ0n) is 22.7. The van der Waals surface area contributed by atoms with Crippen molar-refractivity contribution in [2.75, 3.05) is 33.4 Å². The Bertz CT molecular complexity index is 1400. The second kappa shape index (κ2) is 12.3. The van der Waals surface area contributed by atoms with Crippen LogP contribution in [0.15, 0.2) is 73.1 Å². The molecule has 1 unspecified atom stereocenters. The summed E-state index contributed by atoms with van der Waals surface area (Å²) in [5, 5.41) is 0.891. The molecule has 0 saturated carbocycles. The molecule has 3 aromatic carbocycles. The summed E-state index contributed by atoms with van der Waals surface area (Å²) in [7, 11) is 1.66. The first-order chi connectivity index (χ1) is 19.1. The SMILES string of the molecule is CCN1CCC(COc2cc3ncnc(-c4ccc(C(CC(N)=O)c5ccccc5)cc4)c3cc2OC)CC1. The van der Waals surface area contributed by atoms with E-state index in [1.807, 2.05) is 66.7 Å². The van der Waals surface area contributed by atoms with Gasteiger partial charge < -0.3 is 20.1 Å². The van der Waals surface area contributed by atoms with Gasteiger partial charge in [-0.3, -0.25) is 4.79 Å². The van der Waals surface area contributed by atoms with Gasteiger partial charge in [0.05, 0.1) is 24.9 Å². The topological polar surface area (TPSA) is 90.6 Å². The zero-order valence-corrected chi connectivity index (χ0v) is 22.7. The van der Waals surface area contributed by atoms with Crippen molar-refractivity contribution in [3.8, 4) is 22.8 Å². The highest BCUT2D eigenvalue weighted by molar-refractivity contribution is 5.94. The van der Waals surface area contributed by atoms with Crippen LogP contribution in [0.2, 0.25) is 0 Å². The number of ether oxygens (including phenoxy) is 2. The Labute approximate surface area is 230 Å². The molecule has 5 rings (SSSR count). The molecule has 1 aliphatic heterocycles. The highest BCUT2D eigenvalue weighted by Gasteiger charge is 2.21. The largest absolute Gasteiger partial charge is 0.493 e. The van der Waals surface area contributed by atoms with Crippen molar-refractivity contribution in [2.24, 2.45) is 11.7 Å². The van der Waals surface area contributed by atoms with Crippen molar-refractivity contribution in [1.82, 2.24) is 14.9 Å². The van der Waals surface area contributed by atoms with Crippen LogP contribution in [0.5, 0.6) is 11.5 Å². The number of benzene rings is 3. The Balaban J connectivity index is 1.39. The third-order valence-electron chi connectivity index (χ3n) is 7.74. The van der Waals surface area contributed by atoms with Gasteiger partial charge in [-0.15, -0.1) is 0 Å². The maximum absolute atomic E-state index is 11.8.